The van der Waals surface area contributed by atoms with E-state index in [2.05, 4.69) is 26.8 Å². The van der Waals surface area contributed by atoms with Crippen molar-refractivity contribution in [2.45, 2.75) is 20.0 Å². The zero-order chi connectivity index (χ0) is 20.5. The molecule has 0 saturated carbocycles. The molecule has 0 aliphatic carbocycles. The second kappa shape index (κ2) is 11.0. The Morgan fingerprint density at radius 3 is 2.59 bits per heavy atom. The molecule has 1 fully saturated rings. The molecule has 2 N–H and O–H groups in total. The van der Waals surface area contributed by atoms with Gasteiger partial charge in [0.25, 0.3) is 0 Å². The van der Waals surface area contributed by atoms with Gasteiger partial charge in [-0.3, -0.25) is 14.5 Å². The lowest BCUT2D eigenvalue weighted by atomic mass is 10.1. The number of hydrogen-bond donors (Lipinski definition) is 2. The predicted molar refractivity (Wildman–Crippen MR) is 112 cm³/mol. The molecule has 156 valence electrons. The third-order valence-electron chi connectivity index (χ3n) is 4.45. The van der Waals surface area contributed by atoms with Crippen molar-refractivity contribution in [3.63, 3.8) is 0 Å². The van der Waals surface area contributed by atoms with Crippen LogP contribution in [0.2, 0.25) is 0 Å². The first-order chi connectivity index (χ1) is 14.1. The molecule has 29 heavy (non-hydrogen) atoms. The quantitative estimate of drug-likeness (QED) is 0.641. The van der Waals surface area contributed by atoms with Gasteiger partial charge in [-0.1, -0.05) is 29.4 Å². The number of aryl methyl sites for hydroxylation is 1. The van der Waals surface area contributed by atoms with E-state index >= 15 is 0 Å². The van der Waals surface area contributed by atoms with Crippen molar-refractivity contribution in [1.82, 2.24) is 15.4 Å². The maximum Gasteiger partial charge on any atom is 0.235 e. The van der Waals surface area contributed by atoms with Gasteiger partial charge in [-0.15, -0.1) is 11.8 Å². The van der Waals surface area contributed by atoms with Gasteiger partial charge in [0.05, 0.1) is 24.7 Å². The van der Waals surface area contributed by atoms with Gasteiger partial charge < -0.3 is 19.9 Å². The topological polar surface area (TPSA) is 96.7 Å². The van der Waals surface area contributed by atoms with Gasteiger partial charge >= 0.3 is 0 Å². The van der Waals surface area contributed by atoms with Gasteiger partial charge in [-0.2, -0.15) is 0 Å². The largest absolute Gasteiger partial charge is 0.379 e. The second-order valence-electron chi connectivity index (χ2n) is 6.80. The molecule has 2 heterocycles. The Hall–Kier alpha value is -2.36. The van der Waals surface area contributed by atoms with Gasteiger partial charge in [0.15, 0.2) is 5.82 Å². The van der Waals surface area contributed by atoms with Crippen molar-refractivity contribution in [2.24, 2.45) is 0 Å². The first kappa shape index (κ1) is 21.4. The number of hydrogen-bond acceptors (Lipinski definition) is 7. The Morgan fingerprint density at radius 1 is 1.14 bits per heavy atom. The highest BCUT2D eigenvalue weighted by molar-refractivity contribution is 8.00. The summed E-state index contributed by atoms with van der Waals surface area (Å²) >= 11 is 1.26. The highest BCUT2D eigenvalue weighted by Gasteiger charge is 2.13. The van der Waals surface area contributed by atoms with E-state index in [1.54, 1.807) is 13.0 Å². The molecule has 1 saturated heterocycles. The monoisotopic (exact) mass is 418 g/mol. The number of carbonyl (C=O) groups is 2. The number of carbonyl (C=O) groups excluding carboxylic acids is 2. The Kier molecular flexibility index (Phi) is 8.09. The Morgan fingerprint density at radius 2 is 1.86 bits per heavy atom. The number of anilines is 1. The average molecular weight is 419 g/mol. The van der Waals surface area contributed by atoms with Crippen molar-refractivity contribution in [1.29, 1.82) is 0 Å². The summed E-state index contributed by atoms with van der Waals surface area (Å²) in [6.07, 6.45) is 0. The minimum atomic E-state index is -0.216. The molecular formula is C20H26N4O4S. The summed E-state index contributed by atoms with van der Waals surface area (Å²) in [6.45, 7) is 6.46. The number of benzene rings is 1. The first-order valence-electron chi connectivity index (χ1n) is 9.54. The highest BCUT2D eigenvalue weighted by atomic mass is 32.2. The van der Waals surface area contributed by atoms with E-state index in [-0.39, 0.29) is 23.3 Å². The van der Waals surface area contributed by atoms with Gasteiger partial charge in [0.1, 0.15) is 5.76 Å². The van der Waals surface area contributed by atoms with Crippen LogP contribution in [0.15, 0.2) is 34.9 Å². The van der Waals surface area contributed by atoms with Crippen LogP contribution in [0.5, 0.6) is 0 Å². The van der Waals surface area contributed by atoms with E-state index in [4.69, 9.17) is 9.26 Å². The van der Waals surface area contributed by atoms with E-state index in [0.717, 1.165) is 38.4 Å². The standard InChI is InChI=1S/C20H26N4O4S/c1-15-10-18(23-28-15)22-20(26)14-29-13-19(25)21-11-16-4-2-3-5-17(16)12-24-6-8-27-9-7-24/h2-5,10H,6-9,11-14H2,1H3,(H,21,25)(H,22,23,26). The van der Waals surface area contributed by atoms with E-state index in [1.165, 1.54) is 17.3 Å². The van der Waals surface area contributed by atoms with Crippen molar-refractivity contribution < 1.29 is 18.8 Å². The number of aromatic nitrogens is 1. The summed E-state index contributed by atoms with van der Waals surface area (Å²) in [6, 6.07) is 9.78. The molecule has 1 aliphatic heterocycles. The SMILES string of the molecule is Cc1cc(NC(=O)CSCC(=O)NCc2ccccc2CN2CCOCC2)no1. The van der Waals surface area contributed by atoms with Crippen LogP contribution in [0.25, 0.3) is 0 Å². The third kappa shape index (κ3) is 7.19. The average Bonchev–Trinajstić information content (AvgIpc) is 3.12. The summed E-state index contributed by atoms with van der Waals surface area (Å²) in [5.74, 6) is 1.09. The predicted octanol–water partition coefficient (Wildman–Crippen LogP) is 1.80. The molecule has 2 amide bonds. The van der Waals surface area contributed by atoms with Crippen LogP contribution in [-0.2, 0) is 27.4 Å². The fourth-order valence-electron chi connectivity index (χ4n) is 2.97. The molecule has 0 atom stereocenters. The molecule has 1 aromatic carbocycles. The zero-order valence-electron chi connectivity index (χ0n) is 16.5. The number of nitrogens with zero attached hydrogens (tertiary/aromatic N) is 2. The molecule has 1 aromatic heterocycles. The van der Waals surface area contributed by atoms with Crippen LogP contribution in [0, 0.1) is 6.92 Å². The summed E-state index contributed by atoms with van der Waals surface area (Å²) in [7, 11) is 0. The molecule has 2 aromatic rings. The summed E-state index contributed by atoms with van der Waals surface area (Å²) in [4.78, 5) is 26.4. The molecule has 0 spiro atoms. The van der Waals surface area contributed by atoms with Crippen LogP contribution < -0.4 is 10.6 Å². The second-order valence-corrected chi connectivity index (χ2v) is 7.78. The smallest absolute Gasteiger partial charge is 0.235 e. The molecule has 8 nitrogen and oxygen atoms in total. The normalized spacial score (nSPS) is 14.5. The number of thioether (sulfide) groups is 1. The number of nitrogens with one attached hydrogen (secondary N) is 2. The molecule has 0 unspecified atom stereocenters. The van der Waals surface area contributed by atoms with E-state index < -0.39 is 0 Å². The van der Waals surface area contributed by atoms with Crippen molar-refractivity contribution in [2.75, 3.05) is 43.1 Å². The summed E-state index contributed by atoms with van der Waals surface area (Å²) in [5, 5.41) is 9.28. The van der Waals surface area contributed by atoms with E-state index in [1.807, 2.05) is 18.2 Å². The number of rotatable bonds is 9. The summed E-state index contributed by atoms with van der Waals surface area (Å²) in [5.41, 5.74) is 2.32. The van der Waals surface area contributed by atoms with Crippen LogP contribution >= 0.6 is 11.8 Å². The fourth-order valence-corrected chi connectivity index (χ4v) is 3.62. The molecule has 3 rings (SSSR count). The van der Waals surface area contributed by atoms with Crippen molar-refractivity contribution >= 4 is 29.4 Å². The van der Waals surface area contributed by atoms with E-state index in [0.29, 0.717) is 18.1 Å². The van der Waals surface area contributed by atoms with Crippen LogP contribution in [-0.4, -0.2) is 59.7 Å². The van der Waals surface area contributed by atoms with E-state index in [9.17, 15) is 9.59 Å². The lowest BCUT2D eigenvalue weighted by molar-refractivity contribution is -0.118. The minimum Gasteiger partial charge on any atom is -0.379 e. The van der Waals surface area contributed by atoms with Crippen molar-refractivity contribution in [3.8, 4) is 0 Å². The number of morpholine rings is 1. The lowest BCUT2D eigenvalue weighted by Gasteiger charge is -2.27. The molecule has 9 heteroatoms. The van der Waals surface area contributed by atoms with Gasteiger partial charge in [-0.25, -0.2) is 0 Å². The van der Waals surface area contributed by atoms with Gasteiger partial charge in [-0.05, 0) is 18.1 Å². The Labute approximate surface area is 174 Å². The van der Waals surface area contributed by atoms with Gasteiger partial charge in [0.2, 0.25) is 11.8 Å². The first-order valence-corrected chi connectivity index (χ1v) is 10.7. The maximum atomic E-state index is 12.1. The highest BCUT2D eigenvalue weighted by Crippen LogP contribution is 2.13. The van der Waals surface area contributed by atoms with Crippen molar-refractivity contribution in [3.05, 3.63) is 47.2 Å². The van der Waals surface area contributed by atoms with Crippen LogP contribution in [0.4, 0.5) is 5.82 Å². The number of ether oxygens (including phenoxy) is 1. The Bertz CT molecular complexity index is 820. The lowest BCUT2D eigenvalue weighted by Crippen LogP contribution is -2.36. The minimum absolute atomic E-state index is 0.0961. The molecule has 0 radical (unpaired) electrons. The maximum absolute atomic E-state index is 12.1. The Balaban J connectivity index is 1.38. The summed E-state index contributed by atoms with van der Waals surface area (Å²) < 4.78 is 10.3. The zero-order valence-corrected chi connectivity index (χ0v) is 17.3. The fraction of sp³-hybridized carbons (Fsp3) is 0.450. The number of amides is 2. The molecule has 1 aliphatic rings. The molecular weight excluding hydrogens is 392 g/mol. The van der Waals surface area contributed by atoms with Crippen LogP contribution in [0.1, 0.15) is 16.9 Å². The molecule has 0 bridgehead atoms. The van der Waals surface area contributed by atoms with Gasteiger partial charge in [0, 0.05) is 32.2 Å². The van der Waals surface area contributed by atoms with Crippen LogP contribution in [0.3, 0.4) is 0 Å². The third-order valence-corrected chi connectivity index (χ3v) is 5.39.